The molecule has 19 heavy (non-hydrogen) atoms. The van der Waals surface area contributed by atoms with Gasteiger partial charge in [0.25, 0.3) is 5.91 Å². The summed E-state index contributed by atoms with van der Waals surface area (Å²) in [5, 5.41) is 3.97. The van der Waals surface area contributed by atoms with Gasteiger partial charge < -0.3 is 4.90 Å². The first-order valence-electron chi connectivity index (χ1n) is 5.67. The molecule has 0 aliphatic heterocycles. The predicted octanol–water partition coefficient (Wildman–Crippen LogP) is 1.97. The van der Waals surface area contributed by atoms with Gasteiger partial charge in [0.15, 0.2) is 0 Å². The summed E-state index contributed by atoms with van der Waals surface area (Å²) in [4.78, 5) is 13.3. The van der Waals surface area contributed by atoms with Crippen molar-refractivity contribution in [3.63, 3.8) is 0 Å². The summed E-state index contributed by atoms with van der Waals surface area (Å²) >= 11 is 0. The molecule has 1 heterocycles. The highest BCUT2D eigenvalue weighted by molar-refractivity contribution is 5.94. The normalized spacial score (nSPS) is 10.5. The zero-order chi connectivity index (χ0) is 14.0. The molecule has 2 rings (SSSR count). The first-order chi connectivity index (χ1) is 9.00. The quantitative estimate of drug-likeness (QED) is 0.851. The van der Waals surface area contributed by atoms with Crippen LogP contribution in [-0.4, -0.2) is 27.6 Å². The maximum atomic E-state index is 13.5. The molecule has 0 fully saturated rings. The number of aromatic nitrogens is 2. The van der Waals surface area contributed by atoms with Gasteiger partial charge in [0.2, 0.25) is 0 Å². The van der Waals surface area contributed by atoms with Gasteiger partial charge in [-0.1, -0.05) is 6.07 Å². The highest BCUT2D eigenvalue weighted by atomic mass is 19.1. The highest BCUT2D eigenvalue weighted by Crippen LogP contribution is 2.15. The minimum absolute atomic E-state index is 0.225. The molecule has 4 nitrogen and oxygen atoms in total. The van der Waals surface area contributed by atoms with Crippen LogP contribution in [0.1, 0.15) is 16.1 Å². The van der Waals surface area contributed by atoms with Gasteiger partial charge in [0, 0.05) is 20.3 Å². The van der Waals surface area contributed by atoms with Crippen molar-refractivity contribution in [1.82, 2.24) is 14.7 Å². The number of halogens is 2. The molecule has 0 N–H and O–H groups in total. The molecule has 0 radical (unpaired) electrons. The monoisotopic (exact) mass is 265 g/mol. The van der Waals surface area contributed by atoms with Crippen molar-refractivity contribution in [2.75, 3.05) is 7.05 Å². The minimum atomic E-state index is -0.859. The van der Waals surface area contributed by atoms with E-state index in [0.717, 1.165) is 17.8 Å². The van der Waals surface area contributed by atoms with E-state index in [0.29, 0.717) is 0 Å². The molecule has 0 bridgehead atoms. The molecule has 0 aliphatic carbocycles. The number of hydrogen-bond acceptors (Lipinski definition) is 2. The number of nitrogens with zero attached hydrogens (tertiary/aromatic N) is 3. The van der Waals surface area contributed by atoms with Crippen LogP contribution in [0.5, 0.6) is 0 Å². The summed E-state index contributed by atoms with van der Waals surface area (Å²) in [5.41, 5.74) is 0.236. The van der Waals surface area contributed by atoms with Crippen LogP contribution in [0.15, 0.2) is 30.5 Å². The van der Waals surface area contributed by atoms with Crippen LogP contribution in [0.4, 0.5) is 8.78 Å². The number of rotatable bonds is 3. The zero-order valence-corrected chi connectivity index (χ0v) is 10.6. The molecule has 0 aliphatic rings. The molecule has 1 amide bonds. The fraction of sp³-hybridized carbons (Fsp3) is 0.231. The van der Waals surface area contributed by atoms with Crippen molar-refractivity contribution in [3.8, 4) is 0 Å². The second-order valence-electron chi connectivity index (χ2n) is 4.20. The number of carbonyl (C=O) groups is 1. The van der Waals surface area contributed by atoms with Crippen LogP contribution >= 0.6 is 0 Å². The average Bonchev–Trinajstić information content (AvgIpc) is 2.74. The maximum absolute atomic E-state index is 13.5. The smallest absolute Gasteiger partial charge is 0.259 e. The fourth-order valence-electron chi connectivity index (χ4n) is 1.76. The second-order valence-corrected chi connectivity index (χ2v) is 4.20. The molecule has 0 spiro atoms. The van der Waals surface area contributed by atoms with Gasteiger partial charge in [-0.05, 0) is 18.2 Å². The van der Waals surface area contributed by atoms with E-state index in [1.54, 1.807) is 24.0 Å². The summed E-state index contributed by atoms with van der Waals surface area (Å²) < 4.78 is 28.6. The molecule has 0 saturated heterocycles. The summed E-state index contributed by atoms with van der Waals surface area (Å²) in [6, 6.07) is 5.09. The Hall–Kier alpha value is -2.24. The zero-order valence-electron chi connectivity index (χ0n) is 10.6. The predicted molar refractivity (Wildman–Crippen MR) is 65.4 cm³/mol. The third-order valence-electron chi connectivity index (χ3n) is 2.84. The molecule has 100 valence electrons. The van der Waals surface area contributed by atoms with Crippen molar-refractivity contribution < 1.29 is 13.6 Å². The van der Waals surface area contributed by atoms with E-state index in [-0.39, 0.29) is 6.54 Å². The molecule has 1 aromatic carbocycles. The van der Waals surface area contributed by atoms with Crippen molar-refractivity contribution in [3.05, 3.63) is 53.4 Å². The van der Waals surface area contributed by atoms with E-state index in [9.17, 15) is 13.6 Å². The van der Waals surface area contributed by atoms with Crippen molar-refractivity contribution in [1.29, 1.82) is 0 Å². The largest absolute Gasteiger partial charge is 0.336 e. The van der Waals surface area contributed by atoms with E-state index in [1.165, 1.54) is 18.0 Å². The Bertz CT molecular complexity index is 589. The van der Waals surface area contributed by atoms with E-state index in [4.69, 9.17) is 0 Å². The van der Waals surface area contributed by atoms with Gasteiger partial charge in [-0.2, -0.15) is 5.10 Å². The highest BCUT2D eigenvalue weighted by Gasteiger charge is 2.21. The molecule has 6 heteroatoms. The number of benzene rings is 1. The molecule has 0 saturated carbocycles. The maximum Gasteiger partial charge on any atom is 0.259 e. The summed E-state index contributed by atoms with van der Waals surface area (Å²) in [6.45, 7) is 0.225. The van der Waals surface area contributed by atoms with Gasteiger partial charge >= 0.3 is 0 Å². The van der Waals surface area contributed by atoms with Gasteiger partial charge in [-0.25, -0.2) is 8.78 Å². The van der Waals surface area contributed by atoms with E-state index in [1.807, 2.05) is 0 Å². The van der Waals surface area contributed by atoms with Gasteiger partial charge in [-0.15, -0.1) is 0 Å². The third-order valence-corrected chi connectivity index (χ3v) is 2.84. The van der Waals surface area contributed by atoms with E-state index >= 15 is 0 Å². The van der Waals surface area contributed by atoms with Crippen LogP contribution in [-0.2, 0) is 13.6 Å². The molecular formula is C13H13F2N3O. The standard InChI is InChI=1S/C13H13F2N3O/c1-17(8-9-6-7-16-18(9)2)13(19)12-10(14)4-3-5-11(12)15/h3-7H,8H2,1-2H3. The molecular weight excluding hydrogens is 252 g/mol. The molecule has 0 atom stereocenters. The van der Waals surface area contributed by atoms with E-state index < -0.39 is 23.1 Å². The van der Waals surface area contributed by atoms with Crippen LogP contribution in [0.3, 0.4) is 0 Å². The molecule has 0 unspecified atom stereocenters. The lowest BCUT2D eigenvalue weighted by atomic mass is 10.1. The van der Waals surface area contributed by atoms with Gasteiger partial charge in [0.05, 0.1) is 12.2 Å². The molecule has 2 aromatic rings. The Balaban J connectivity index is 2.22. The Kier molecular flexibility index (Phi) is 3.59. The van der Waals surface area contributed by atoms with Crippen LogP contribution in [0, 0.1) is 11.6 Å². The van der Waals surface area contributed by atoms with Crippen LogP contribution in [0.25, 0.3) is 0 Å². The summed E-state index contributed by atoms with van der Waals surface area (Å²) in [7, 11) is 3.22. The lowest BCUT2D eigenvalue weighted by Gasteiger charge is -2.17. The third kappa shape index (κ3) is 2.62. The Morgan fingerprint density at radius 3 is 2.47 bits per heavy atom. The minimum Gasteiger partial charge on any atom is -0.336 e. The lowest BCUT2D eigenvalue weighted by molar-refractivity contribution is 0.0772. The Morgan fingerprint density at radius 1 is 1.32 bits per heavy atom. The molecule has 1 aromatic heterocycles. The van der Waals surface area contributed by atoms with Crippen molar-refractivity contribution in [2.24, 2.45) is 7.05 Å². The first-order valence-corrected chi connectivity index (χ1v) is 5.67. The van der Waals surface area contributed by atoms with Crippen molar-refractivity contribution in [2.45, 2.75) is 6.54 Å². The van der Waals surface area contributed by atoms with Crippen LogP contribution < -0.4 is 0 Å². The number of amides is 1. The summed E-state index contributed by atoms with van der Waals surface area (Å²) in [5.74, 6) is -2.42. The Labute approximate surface area is 109 Å². The van der Waals surface area contributed by atoms with Crippen molar-refractivity contribution >= 4 is 5.91 Å². The van der Waals surface area contributed by atoms with E-state index in [2.05, 4.69) is 5.10 Å². The van der Waals surface area contributed by atoms with Gasteiger partial charge in [-0.3, -0.25) is 9.48 Å². The average molecular weight is 265 g/mol. The number of carbonyl (C=O) groups excluding carboxylic acids is 1. The van der Waals surface area contributed by atoms with Gasteiger partial charge in [0.1, 0.15) is 17.2 Å². The summed E-state index contributed by atoms with van der Waals surface area (Å²) in [6.07, 6.45) is 1.59. The number of hydrogen-bond donors (Lipinski definition) is 0. The topological polar surface area (TPSA) is 38.1 Å². The second kappa shape index (κ2) is 5.17. The SMILES string of the molecule is CN(Cc1ccnn1C)C(=O)c1c(F)cccc1F. The first kappa shape index (κ1) is 13.2. The van der Waals surface area contributed by atoms with Crippen LogP contribution in [0.2, 0.25) is 0 Å². The fourth-order valence-corrected chi connectivity index (χ4v) is 1.76. The Morgan fingerprint density at radius 2 is 1.95 bits per heavy atom. The number of aryl methyl sites for hydroxylation is 1. The lowest BCUT2D eigenvalue weighted by Crippen LogP contribution is -2.28.